The van der Waals surface area contributed by atoms with Gasteiger partial charge in [-0.15, -0.1) is 0 Å². The SMILES string of the molecule is CN(C)N[C@H]1CCCC[C@]1(O)c1ccccc1. The van der Waals surface area contributed by atoms with Crippen LogP contribution in [-0.4, -0.2) is 30.3 Å². The molecule has 1 saturated carbocycles. The molecular weight excluding hydrogens is 212 g/mol. The molecule has 0 bridgehead atoms. The fourth-order valence-electron chi connectivity index (χ4n) is 2.71. The van der Waals surface area contributed by atoms with Gasteiger partial charge in [0.25, 0.3) is 0 Å². The van der Waals surface area contributed by atoms with E-state index in [1.54, 1.807) is 0 Å². The van der Waals surface area contributed by atoms with E-state index in [9.17, 15) is 5.11 Å². The number of benzene rings is 1. The summed E-state index contributed by atoms with van der Waals surface area (Å²) in [4.78, 5) is 0. The molecule has 94 valence electrons. The van der Waals surface area contributed by atoms with Crippen molar-refractivity contribution < 1.29 is 5.11 Å². The van der Waals surface area contributed by atoms with E-state index >= 15 is 0 Å². The molecule has 0 heterocycles. The summed E-state index contributed by atoms with van der Waals surface area (Å²) < 4.78 is 0. The van der Waals surface area contributed by atoms with Gasteiger partial charge in [0.1, 0.15) is 5.60 Å². The maximum atomic E-state index is 11.0. The van der Waals surface area contributed by atoms with Crippen LogP contribution in [0.4, 0.5) is 0 Å². The minimum atomic E-state index is -0.732. The molecule has 1 aromatic carbocycles. The van der Waals surface area contributed by atoms with Crippen LogP contribution < -0.4 is 5.43 Å². The third-order valence-electron chi connectivity index (χ3n) is 3.56. The summed E-state index contributed by atoms with van der Waals surface area (Å²) in [5.41, 5.74) is 3.65. The van der Waals surface area contributed by atoms with Crippen LogP contribution in [0.2, 0.25) is 0 Å². The van der Waals surface area contributed by atoms with Crippen LogP contribution in [0.15, 0.2) is 30.3 Å². The van der Waals surface area contributed by atoms with Gasteiger partial charge in [-0.3, -0.25) is 5.01 Å². The summed E-state index contributed by atoms with van der Waals surface area (Å²) in [6, 6.07) is 10.1. The highest BCUT2D eigenvalue weighted by Gasteiger charge is 2.40. The van der Waals surface area contributed by atoms with E-state index in [0.717, 1.165) is 24.8 Å². The van der Waals surface area contributed by atoms with Crippen molar-refractivity contribution in [2.75, 3.05) is 14.1 Å². The molecule has 1 fully saturated rings. The molecule has 0 saturated heterocycles. The van der Waals surface area contributed by atoms with Gasteiger partial charge in [-0.25, -0.2) is 5.43 Å². The highest BCUT2D eigenvalue weighted by Crippen LogP contribution is 2.37. The number of hydrazine groups is 1. The Morgan fingerprint density at radius 1 is 1.24 bits per heavy atom. The lowest BCUT2D eigenvalue weighted by Gasteiger charge is -2.42. The summed E-state index contributed by atoms with van der Waals surface area (Å²) in [6.45, 7) is 0. The lowest BCUT2D eigenvalue weighted by Crippen LogP contribution is -2.54. The molecular formula is C14H22N2O. The van der Waals surface area contributed by atoms with Gasteiger partial charge in [0, 0.05) is 14.1 Å². The van der Waals surface area contributed by atoms with Crippen LogP contribution in [0.5, 0.6) is 0 Å². The molecule has 17 heavy (non-hydrogen) atoms. The van der Waals surface area contributed by atoms with Gasteiger partial charge >= 0.3 is 0 Å². The molecule has 2 rings (SSSR count). The van der Waals surface area contributed by atoms with E-state index in [0.29, 0.717) is 0 Å². The van der Waals surface area contributed by atoms with Gasteiger partial charge in [0.2, 0.25) is 0 Å². The number of hydrogen-bond acceptors (Lipinski definition) is 3. The first-order chi connectivity index (χ1) is 8.13. The minimum absolute atomic E-state index is 0.105. The van der Waals surface area contributed by atoms with Gasteiger partial charge in [-0.05, 0) is 18.4 Å². The van der Waals surface area contributed by atoms with Gasteiger partial charge < -0.3 is 5.11 Å². The number of hydrogen-bond donors (Lipinski definition) is 2. The van der Waals surface area contributed by atoms with Crippen molar-refractivity contribution >= 4 is 0 Å². The largest absolute Gasteiger partial charge is 0.383 e. The summed E-state index contributed by atoms with van der Waals surface area (Å²) in [5.74, 6) is 0. The van der Waals surface area contributed by atoms with E-state index in [1.165, 1.54) is 6.42 Å². The van der Waals surface area contributed by atoms with Crippen LogP contribution in [-0.2, 0) is 5.60 Å². The van der Waals surface area contributed by atoms with Crippen LogP contribution >= 0.6 is 0 Å². The van der Waals surface area contributed by atoms with E-state index in [2.05, 4.69) is 5.43 Å². The normalized spacial score (nSPS) is 29.5. The fourth-order valence-corrected chi connectivity index (χ4v) is 2.71. The smallest absolute Gasteiger partial charge is 0.106 e. The second-order valence-electron chi connectivity index (χ2n) is 5.11. The van der Waals surface area contributed by atoms with Gasteiger partial charge in [0.05, 0.1) is 6.04 Å². The molecule has 1 aliphatic rings. The zero-order valence-corrected chi connectivity index (χ0v) is 10.7. The van der Waals surface area contributed by atoms with Crippen molar-refractivity contribution in [1.29, 1.82) is 0 Å². The van der Waals surface area contributed by atoms with Crippen molar-refractivity contribution in [2.45, 2.75) is 37.3 Å². The zero-order valence-electron chi connectivity index (χ0n) is 10.7. The van der Waals surface area contributed by atoms with Crippen LogP contribution in [0.1, 0.15) is 31.2 Å². The summed E-state index contributed by atoms with van der Waals surface area (Å²) in [5, 5.41) is 12.9. The molecule has 1 aromatic rings. The topological polar surface area (TPSA) is 35.5 Å². The monoisotopic (exact) mass is 234 g/mol. The highest BCUT2D eigenvalue weighted by atomic mass is 16.3. The molecule has 3 nitrogen and oxygen atoms in total. The van der Waals surface area contributed by atoms with Crippen molar-refractivity contribution in [3.05, 3.63) is 35.9 Å². The van der Waals surface area contributed by atoms with Crippen molar-refractivity contribution in [1.82, 2.24) is 10.4 Å². The zero-order chi connectivity index (χ0) is 12.3. The molecule has 0 aromatic heterocycles. The molecule has 0 aliphatic heterocycles. The standard InChI is InChI=1S/C14H22N2O/c1-16(2)15-13-10-6-7-11-14(13,17)12-8-4-3-5-9-12/h3-5,8-9,13,15,17H,6-7,10-11H2,1-2H3/t13-,14-/m0/s1. The van der Waals surface area contributed by atoms with Crippen LogP contribution in [0.25, 0.3) is 0 Å². The van der Waals surface area contributed by atoms with Crippen molar-refractivity contribution in [2.24, 2.45) is 0 Å². The third kappa shape index (κ3) is 2.68. The Hall–Kier alpha value is -0.900. The first kappa shape index (κ1) is 12.6. The fraction of sp³-hybridized carbons (Fsp3) is 0.571. The Balaban J connectivity index is 2.25. The van der Waals surface area contributed by atoms with E-state index in [1.807, 2.05) is 49.4 Å². The number of rotatable bonds is 3. The summed E-state index contributed by atoms with van der Waals surface area (Å²) >= 11 is 0. The minimum Gasteiger partial charge on any atom is -0.383 e. The Bertz CT molecular complexity index is 352. The van der Waals surface area contributed by atoms with E-state index in [4.69, 9.17) is 0 Å². The molecule has 3 heteroatoms. The Morgan fingerprint density at radius 3 is 2.59 bits per heavy atom. The number of nitrogens with one attached hydrogen (secondary N) is 1. The van der Waals surface area contributed by atoms with E-state index in [-0.39, 0.29) is 6.04 Å². The molecule has 0 spiro atoms. The average Bonchev–Trinajstić information content (AvgIpc) is 2.33. The average molecular weight is 234 g/mol. The molecule has 1 aliphatic carbocycles. The number of nitrogens with zero attached hydrogens (tertiary/aromatic N) is 1. The lowest BCUT2D eigenvalue weighted by molar-refractivity contribution is -0.0515. The molecule has 2 N–H and O–H groups in total. The predicted octanol–water partition coefficient (Wildman–Crippen LogP) is 1.88. The summed E-state index contributed by atoms with van der Waals surface area (Å²) in [7, 11) is 3.94. The summed E-state index contributed by atoms with van der Waals surface area (Å²) in [6.07, 6.45) is 4.13. The molecule has 0 radical (unpaired) electrons. The maximum absolute atomic E-state index is 11.0. The van der Waals surface area contributed by atoms with Gasteiger partial charge in [-0.1, -0.05) is 43.2 Å². The Kier molecular flexibility index (Phi) is 3.82. The maximum Gasteiger partial charge on any atom is 0.106 e. The third-order valence-corrected chi connectivity index (χ3v) is 3.56. The first-order valence-corrected chi connectivity index (χ1v) is 6.34. The van der Waals surface area contributed by atoms with Gasteiger partial charge in [0.15, 0.2) is 0 Å². The van der Waals surface area contributed by atoms with Crippen LogP contribution in [0, 0.1) is 0 Å². The quantitative estimate of drug-likeness (QED) is 0.784. The first-order valence-electron chi connectivity index (χ1n) is 6.34. The predicted molar refractivity (Wildman–Crippen MR) is 69.4 cm³/mol. The number of aliphatic hydroxyl groups is 1. The van der Waals surface area contributed by atoms with Crippen molar-refractivity contribution in [3.8, 4) is 0 Å². The lowest BCUT2D eigenvalue weighted by atomic mass is 9.76. The second kappa shape index (κ2) is 5.17. The molecule has 0 amide bonds. The Morgan fingerprint density at radius 2 is 1.94 bits per heavy atom. The highest BCUT2D eigenvalue weighted by molar-refractivity contribution is 5.25. The Labute approximate surface area is 103 Å². The molecule has 2 atom stereocenters. The van der Waals surface area contributed by atoms with Crippen molar-refractivity contribution in [3.63, 3.8) is 0 Å². The second-order valence-corrected chi connectivity index (χ2v) is 5.11. The van der Waals surface area contributed by atoms with E-state index < -0.39 is 5.60 Å². The van der Waals surface area contributed by atoms with Gasteiger partial charge in [-0.2, -0.15) is 0 Å². The molecule has 0 unspecified atom stereocenters. The van der Waals surface area contributed by atoms with Crippen LogP contribution in [0.3, 0.4) is 0 Å².